The van der Waals surface area contributed by atoms with Crippen molar-refractivity contribution in [2.24, 2.45) is 23.2 Å². The number of nitrogens with zero attached hydrogens (tertiary/aromatic N) is 1. The Hall–Kier alpha value is -0.550. The molecule has 4 aliphatic rings. The summed E-state index contributed by atoms with van der Waals surface area (Å²) in [7, 11) is 0. The summed E-state index contributed by atoms with van der Waals surface area (Å²) in [6, 6.07) is 2.63. The van der Waals surface area contributed by atoms with E-state index in [0.717, 1.165) is 17.8 Å². The van der Waals surface area contributed by atoms with Gasteiger partial charge >= 0.3 is 0 Å². The number of hydrogen-bond acceptors (Lipinski definition) is 2. The minimum absolute atomic E-state index is 0.369. The molecule has 17 heavy (non-hydrogen) atoms. The lowest BCUT2D eigenvalue weighted by Gasteiger charge is -2.57. The quantitative estimate of drug-likeness (QED) is 0.808. The molecule has 4 rings (SSSR count). The maximum absolute atomic E-state index is 8.71. The van der Waals surface area contributed by atoms with E-state index in [4.69, 9.17) is 5.26 Å². The Bertz CT molecular complexity index is 293. The predicted octanol–water partition coefficient (Wildman–Crippen LogP) is 3.09. The first-order valence-electron chi connectivity index (χ1n) is 7.29. The van der Waals surface area contributed by atoms with Crippen LogP contribution in [0.2, 0.25) is 0 Å². The maximum atomic E-state index is 8.71. The third-order valence-electron chi connectivity index (χ3n) is 5.39. The number of hydrogen-bond donors (Lipinski definition) is 1. The summed E-state index contributed by atoms with van der Waals surface area (Å²) in [6.07, 6.45) is 9.60. The standard InChI is InChI=1S/C15H24N2/c1-11(2-3-16)17-10-15-7-12-4-13(8-15)6-14(5-12)9-15/h11-14,17H,2,4-10H2,1H3. The maximum Gasteiger partial charge on any atom is 0.0638 e. The third kappa shape index (κ3) is 2.22. The smallest absolute Gasteiger partial charge is 0.0638 e. The molecule has 0 aromatic heterocycles. The Kier molecular flexibility index (Phi) is 2.91. The van der Waals surface area contributed by atoms with Gasteiger partial charge in [0.05, 0.1) is 12.5 Å². The Morgan fingerprint density at radius 3 is 2.18 bits per heavy atom. The van der Waals surface area contributed by atoms with Crippen LogP contribution in [-0.2, 0) is 0 Å². The van der Waals surface area contributed by atoms with Gasteiger partial charge in [0.25, 0.3) is 0 Å². The zero-order valence-electron chi connectivity index (χ0n) is 10.9. The van der Waals surface area contributed by atoms with Crippen molar-refractivity contribution in [1.29, 1.82) is 5.26 Å². The number of nitriles is 1. The molecule has 4 bridgehead atoms. The minimum Gasteiger partial charge on any atom is -0.313 e. The van der Waals surface area contributed by atoms with E-state index in [1.54, 1.807) is 0 Å². The van der Waals surface area contributed by atoms with Gasteiger partial charge in [0.2, 0.25) is 0 Å². The monoisotopic (exact) mass is 232 g/mol. The van der Waals surface area contributed by atoms with Crippen molar-refractivity contribution in [2.75, 3.05) is 6.54 Å². The molecule has 0 aromatic carbocycles. The fraction of sp³-hybridized carbons (Fsp3) is 0.933. The fourth-order valence-corrected chi connectivity index (χ4v) is 5.11. The molecule has 2 heteroatoms. The van der Waals surface area contributed by atoms with E-state index in [1.165, 1.54) is 45.1 Å². The highest BCUT2D eigenvalue weighted by molar-refractivity contribution is 5.02. The van der Waals surface area contributed by atoms with Crippen molar-refractivity contribution in [3.8, 4) is 6.07 Å². The first kappa shape index (κ1) is 11.5. The number of nitrogens with one attached hydrogen (secondary N) is 1. The van der Waals surface area contributed by atoms with Crippen molar-refractivity contribution in [3.63, 3.8) is 0 Å². The molecule has 0 saturated heterocycles. The molecule has 4 saturated carbocycles. The van der Waals surface area contributed by atoms with Gasteiger partial charge < -0.3 is 5.32 Å². The highest BCUT2D eigenvalue weighted by atomic mass is 14.9. The molecule has 0 aliphatic heterocycles. The zero-order valence-corrected chi connectivity index (χ0v) is 10.9. The second-order valence-corrected chi connectivity index (χ2v) is 7.06. The van der Waals surface area contributed by atoms with E-state index in [-0.39, 0.29) is 0 Å². The van der Waals surface area contributed by atoms with Crippen LogP contribution >= 0.6 is 0 Å². The first-order valence-corrected chi connectivity index (χ1v) is 7.29. The van der Waals surface area contributed by atoms with Crippen LogP contribution in [0.1, 0.15) is 51.9 Å². The van der Waals surface area contributed by atoms with Crippen LogP contribution < -0.4 is 5.32 Å². The SMILES string of the molecule is CC(CC#N)NCC12CC3CC(CC(C3)C1)C2. The molecule has 2 nitrogen and oxygen atoms in total. The molecular formula is C15H24N2. The molecule has 94 valence electrons. The Labute approximate surface area is 105 Å². The van der Waals surface area contributed by atoms with Gasteiger partial charge in [0.1, 0.15) is 0 Å². The van der Waals surface area contributed by atoms with Crippen LogP contribution in [0.5, 0.6) is 0 Å². The van der Waals surface area contributed by atoms with Gasteiger partial charge in [-0.3, -0.25) is 0 Å². The largest absolute Gasteiger partial charge is 0.313 e. The van der Waals surface area contributed by atoms with E-state index in [1.807, 2.05) is 0 Å². The van der Waals surface area contributed by atoms with Crippen LogP contribution in [0.25, 0.3) is 0 Å². The Balaban J connectivity index is 1.61. The van der Waals surface area contributed by atoms with E-state index >= 15 is 0 Å². The summed E-state index contributed by atoms with van der Waals surface area (Å²) in [6.45, 7) is 3.31. The normalized spacial score (nSPS) is 44.6. The molecule has 0 amide bonds. The number of rotatable bonds is 4. The molecule has 0 heterocycles. The summed E-state index contributed by atoms with van der Waals surface area (Å²) >= 11 is 0. The average molecular weight is 232 g/mol. The highest BCUT2D eigenvalue weighted by Crippen LogP contribution is 2.59. The lowest BCUT2D eigenvalue weighted by Crippen LogP contribution is -2.51. The van der Waals surface area contributed by atoms with Gasteiger partial charge in [-0.25, -0.2) is 0 Å². The van der Waals surface area contributed by atoms with E-state index < -0.39 is 0 Å². The van der Waals surface area contributed by atoms with Gasteiger partial charge in [-0.15, -0.1) is 0 Å². The first-order chi connectivity index (χ1) is 8.19. The van der Waals surface area contributed by atoms with Crippen LogP contribution in [0.15, 0.2) is 0 Å². The van der Waals surface area contributed by atoms with Crippen LogP contribution in [-0.4, -0.2) is 12.6 Å². The highest BCUT2D eigenvalue weighted by Gasteiger charge is 2.50. The van der Waals surface area contributed by atoms with E-state index in [9.17, 15) is 0 Å². The molecule has 4 fully saturated rings. The molecule has 0 spiro atoms. The molecule has 1 unspecified atom stereocenters. The molecule has 0 aromatic rings. The molecule has 4 aliphatic carbocycles. The Morgan fingerprint density at radius 1 is 1.18 bits per heavy atom. The summed E-state index contributed by atoms with van der Waals surface area (Å²) in [5.74, 6) is 3.11. The summed E-state index contributed by atoms with van der Waals surface area (Å²) in [5, 5.41) is 12.3. The van der Waals surface area contributed by atoms with Crippen LogP contribution in [0, 0.1) is 34.5 Å². The second-order valence-electron chi connectivity index (χ2n) is 7.06. The third-order valence-corrected chi connectivity index (χ3v) is 5.39. The van der Waals surface area contributed by atoms with Gasteiger partial charge in [-0.05, 0) is 68.6 Å². The van der Waals surface area contributed by atoms with E-state index in [0.29, 0.717) is 17.9 Å². The second kappa shape index (κ2) is 4.28. The predicted molar refractivity (Wildman–Crippen MR) is 68.3 cm³/mol. The summed E-state index contributed by atoms with van der Waals surface area (Å²) in [5.41, 5.74) is 0.610. The minimum atomic E-state index is 0.369. The summed E-state index contributed by atoms with van der Waals surface area (Å²) < 4.78 is 0. The molecular weight excluding hydrogens is 208 g/mol. The molecule has 0 radical (unpaired) electrons. The Morgan fingerprint density at radius 2 is 1.71 bits per heavy atom. The van der Waals surface area contributed by atoms with Crippen LogP contribution in [0.4, 0.5) is 0 Å². The molecule has 1 atom stereocenters. The lowest BCUT2D eigenvalue weighted by atomic mass is 9.49. The van der Waals surface area contributed by atoms with Crippen molar-refractivity contribution in [3.05, 3.63) is 0 Å². The van der Waals surface area contributed by atoms with Crippen molar-refractivity contribution in [1.82, 2.24) is 5.32 Å². The van der Waals surface area contributed by atoms with Crippen LogP contribution in [0.3, 0.4) is 0 Å². The van der Waals surface area contributed by atoms with Gasteiger partial charge in [0, 0.05) is 12.6 Å². The van der Waals surface area contributed by atoms with Gasteiger partial charge in [0.15, 0.2) is 0 Å². The zero-order chi connectivity index (χ0) is 11.9. The summed E-state index contributed by atoms with van der Waals surface area (Å²) in [4.78, 5) is 0. The topological polar surface area (TPSA) is 35.8 Å². The fourth-order valence-electron chi connectivity index (χ4n) is 5.11. The van der Waals surface area contributed by atoms with Gasteiger partial charge in [-0.1, -0.05) is 0 Å². The van der Waals surface area contributed by atoms with Crippen molar-refractivity contribution >= 4 is 0 Å². The molecule has 1 N–H and O–H groups in total. The van der Waals surface area contributed by atoms with Gasteiger partial charge in [-0.2, -0.15) is 5.26 Å². The van der Waals surface area contributed by atoms with Crippen molar-refractivity contribution < 1.29 is 0 Å². The van der Waals surface area contributed by atoms with Crippen molar-refractivity contribution in [2.45, 2.75) is 57.9 Å². The average Bonchev–Trinajstić information content (AvgIpc) is 2.25. The van der Waals surface area contributed by atoms with E-state index in [2.05, 4.69) is 18.3 Å². The lowest BCUT2D eigenvalue weighted by molar-refractivity contribution is -0.0522.